The third-order valence-corrected chi connectivity index (χ3v) is 3.08. The minimum atomic E-state index is -0.462. The predicted octanol–water partition coefficient (Wildman–Crippen LogP) is 2.53. The molecule has 0 bridgehead atoms. The van der Waals surface area contributed by atoms with Crippen molar-refractivity contribution in [3.05, 3.63) is 33.0 Å². The van der Waals surface area contributed by atoms with Crippen LogP contribution in [0, 0.1) is 3.57 Å². The summed E-state index contributed by atoms with van der Waals surface area (Å²) in [5, 5.41) is 0. The number of carbonyl (C=O) groups excluding carboxylic acids is 2. The van der Waals surface area contributed by atoms with Crippen LogP contribution >= 0.6 is 22.6 Å². The van der Waals surface area contributed by atoms with Gasteiger partial charge in [-0.3, -0.25) is 4.79 Å². The number of nitrogens with zero attached hydrogens (tertiary/aromatic N) is 1. The number of rotatable bonds is 2. The van der Waals surface area contributed by atoms with Gasteiger partial charge in [-0.15, -0.1) is 0 Å². The van der Waals surface area contributed by atoms with Crippen LogP contribution in [0.15, 0.2) is 28.9 Å². The molecule has 0 amide bonds. The lowest BCUT2D eigenvalue weighted by atomic mass is 10.2. The first kappa shape index (κ1) is 13.7. The van der Waals surface area contributed by atoms with Gasteiger partial charge in [-0.1, -0.05) is 6.07 Å². The highest BCUT2D eigenvalue weighted by Gasteiger charge is 2.19. The summed E-state index contributed by atoms with van der Waals surface area (Å²) in [4.78, 5) is 26.3. The Bertz CT molecular complexity index is 619. The van der Waals surface area contributed by atoms with Gasteiger partial charge >= 0.3 is 11.9 Å². The second-order valence-corrected chi connectivity index (χ2v) is 5.00. The highest BCUT2D eigenvalue weighted by molar-refractivity contribution is 14.1. The molecule has 0 N–H and O–H groups in total. The van der Waals surface area contributed by atoms with E-state index in [1.165, 1.54) is 6.92 Å². The summed E-state index contributed by atoms with van der Waals surface area (Å²) in [5.41, 5.74) is 1.04. The van der Waals surface area contributed by atoms with Crippen molar-refractivity contribution in [1.29, 1.82) is 0 Å². The van der Waals surface area contributed by atoms with Crippen molar-refractivity contribution < 1.29 is 19.1 Å². The van der Waals surface area contributed by atoms with Gasteiger partial charge in [0.15, 0.2) is 11.6 Å². The van der Waals surface area contributed by atoms with Crippen LogP contribution in [0.1, 0.15) is 19.4 Å². The average molecular weight is 371 g/mol. The largest absolute Gasteiger partial charge is 0.426 e. The van der Waals surface area contributed by atoms with Crippen molar-refractivity contribution in [2.75, 3.05) is 0 Å². The highest BCUT2D eigenvalue weighted by Crippen LogP contribution is 2.24. The molecule has 0 radical (unpaired) electrons. The Balaban J connectivity index is 2.28. The van der Waals surface area contributed by atoms with Gasteiger partial charge in [0.25, 0.3) is 0 Å². The Kier molecular flexibility index (Phi) is 3.98. The Labute approximate surface area is 123 Å². The molecule has 6 heteroatoms. The molecule has 2 rings (SSSR count). The Hall–Kier alpha value is -1.70. The van der Waals surface area contributed by atoms with Gasteiger partial charge in [0.1, 0.15) is 5.75 Å². The zero-order valence-electron chi connectivity index (χ0n) is 10.3. The molecule has 98 valence electrons. The van der Waals surface area contributed by atoms with Crippen molar-refractivity contribution in [2.24, 2.45) is 4.99 Å². The Morgan fingerprint density at radius 2 is 2.21 bits per heavy atom. The fraction of sp³-hybridized carbons (Fsp3) is 0.154. The predicted molar refractivity (Wildman–Crippen MR) is 77.6 cm³/mol. The molecule has 0 aromatic heterocycles. The van der Waals surface area contributed by atoms with Gasteiger partial charge in [0.05, 0.1) is 3.57 Å². The lowest BCUT2D eigenvalue weighted by Gasteiger charge is -2.04. The van der Waals surface area contributed by atoms with E-state index in [4.69, 9.17) is 9.47 Å². The summed E-state index contributed by atoms with van der Waals surface area (Å²) in [5.74, 6) is -0.00778. The third kappa shape index (κ3) is 3.40. The zero-order chi connectivity index (χ0) is 14.0. The van der Waals surface area contributed by atoms with Gasteiger partial charge < -0.3 is 9.47 Å². The molecule has 5 nitrogen and oxygen atoms in total. The first-order chi connectivity index (χ1) is 8.95. The molecule has 1 aliphatic rings. The molecule has 0 unspecified atom stereocenters. The van der Waals surface area contributed by atoms with Crippen molar-refractivity contribution in [3.63, 3.8) is 0 Å². The molecule has 0 aliphatic carbocycles. The van der Waals surface area contributed by atoms with E-state index in [1.807, 2.05) is 0 Å². The monoisotopic (exact) mass is 371 g/mol. The summed E-state index contributed by atoms with van der Waals surface area (Å²) < 4.78 is 10.6. The molecule has 1 aromatic carbocycles. The highest BCUT2D eigenvalue weighted by atomic mass is 127. The molecule has 1 aliphatic heterocycles. The molecule has 0 spiro atoms. The minimum Gasteiger partial charge on any atom is -0.426 e. The summed E-state index contributed by atoms with van der Waals surface area (Å²) in [6, 6.07) is 5.21. The van der Waals surface area contributed by atoms with E-state index in [2.05, 4.69) is 27.6 Å². The number of benzene rings is 1. The van der Waals surface area contributed by atoms with Crippen molar-refractivity contribution in [2.45, 2.75) is 13.8 Å². The number of aliphatic imine (C=N–C) groups is 1. The number of halogens is 1. The van der Waals surface area contributed by atoms with Crippen LogP contribution in [0.5, 0.6) is 5.75 Å². The molecule has 1 aromatic rings. The van der Waals surface area contributed by atoms with E-state index < -0.39 is 5.97 Å². The van der Waals surface area contributed by atoms with E-state index in [0.717, 1.165) is 9.13 Å². The van der Waals surface area contributed by atoms with Crippen LogP contribution in [0.3, 0.4) is 0 Å². The van der Waals surface area contributed by atoms with Crippen LogP contribution in [0.4, 0.5) is 0 Å². The lowest BCUT2D eigenvalue weighted by molar-refractivity contribution is -0.132. The number of hydrogen-bond donors (Lipinski definition) is 0. The van der Waals surface area contributed by atoms with Gasteiger partial charge in [-0.2, -0.15) is 0 Å². The summed E-state index contributed by atoms with van der Waals surface area (Å²) in [6.07, 6.45) is 1.62. The molecule has 0 fully saturated rings. The molecule has 0 saturated heterocycles. The van der Waals surface area contributed by atoms with Crippen LogP contribution in [-0.4, -0.2) is 17.8 Å². The molecule has 0 atom stereocenters. The molecular weight excluding hydrogens is 361 g/mol. The molecular formula is C13H10INO4. The standard InChI is InChI=1S/C13H10INO4/c1-7-15-11(13(17)18-7)6-9-3-4-12(10(14)5-9)19-8(2)16/h3-6H,1-2H3/b11-6-. The third-order valence-electron chi connectivity index (χ3n) is 2.24. The maximum atomic E-state index is 11.4. The van der Waals surface area contributed by atoms with Gasteiger partial charge in [-0.25, -0.2) is 9.79 Å². The molecule has 1 heterocycles. The van der Waals surface area contributed by atoms with Crippen LogP contribution in [-0.2, 0) is 14.3 Å². The summed E-state index contributed by atoms with van der Waals surface area (Å²) >= 11 is 2.06. The Morgan fingerprint density at radius 1 is 1.47 bits per heavy atom. The maximum absolute atomic E-state index is 11.4. The summed E-state index contributed by atoms with van der Waals surface area (Å²) in [7, 11) is 0. The fourth-order valence-corrected chi connectivity index (χ4v) is 2.17. The number of ether oxygens (including phenoxy) is 2. The fourth-order valence-electron chi connectivity index (χ4n) is 1.52. The van der Waals surface area contributed by atoms with Crippen molar-refractivity contribution >= 4 is 46.5 Å². The van der Waals surface area contributed by atoms with E-state index in [1.54, 1.807) is 31.2 Å². The molecule has 19 heavy (non-hydrogen) atoms. The second-order valence-electron chi connectivity index (χ2n) is 3.83. The van der Waals surface area contributed by atoms with Gasteiger partial charge in [0, 0.05) is 13.8 Å². The van der Waals surface area contributed by atoms with Gasteiger partial charge in [0.2, 0.25) is 0 Å². The van der Waals surface area contributed by atoms with E-state index in [-0.39, 0.29) is 11.7 Å². The number of hydrogen-bond acceptors (Lipinski definition) is 5. The number of cyclic esters (lactones) is 1. The number of esters is 2. The quantitative estimate of drug-likeness (QED) is 0.347. The lowest BCUT2D eigenvalue weighted by Crippen LogP contribution is -2.03. The zero-order valence-corrected chi connectivity index (χ0v) is 12.4. The summed E-state index contributed by atoms with van der Waals surface area (Å²) in [6.45, 7) is 2.96. The average Bonchev–Trinajstić information content (AvgIpc) is 2.61. The second kappa shape index (κ2) is 5.52. The minimum absolute atomic E-state index is 0.258. The maximum Gasteiger partial charge on any atom is 0.363 e. The van der Waals surface area contributed by atoms with E-state index in [0.29, 0.717) is 11.6 Å². The molecule has 0 saturated carbocycles. The van der Waals surface area contributed by atoms with E-state index in [9.17, 15) is 9.59 Å². The Morgan fingerprint density at radius 3 is 2.74 bits per heavy atom. The van der Waals surface area contributed by atoms with Crippen molar-refractivity contribution in [1.82, 2.24) is 0 Å². The van der Waals surface area contributed by atoms with Crippen molar-refractivity contribution in [3.8, 4) is 5.75 Å². The first-order valence-corrected chi connectivity index (χ1v) is 6.51. The van der Waals surface area contributed by atoms with Gasteiger partial charge in [-0.05, 0) is 46.4 Å². The smallest absolute Gasteiger partial charge is 0.363 e. The SMILES string of the molecule is CC(=O)Oc1ccc(/C=C2\N=C(C)OC2=O)cc1I. The van der Waals surface area contributed by atoms with Crippen LogP contribution in [0.2, 0.25) is 0 Å². The topological polar surface area (TPSA) is 65.0 Å². The normalized spacial score (nSPS) is 16.3. The number of carbonyl (C=O) groups is 2. The van der Waals surface area contributed by atoms with Crippen LogP contribution < -0.4 is 4.74 Å². The van der Waals surface area contributed by atoms with E-state index >= 15 is 0 Å². The van der Waals surface area contributed by atoms with Crippen LogP contribution in [0.25, 0.3) is 6.08 Å². The first-order valence-electron chi connectivity index (χ1n) is 5.43.